The van der Waals surface area contributed by atoms with Crippen molar-refractivity contribution >= 4 is 51.6 Å². The summed E-state index contributed by atoms with van der Waals surface area (Å²) in [7, 11) is 1.31. The van der Waals surface area contributed by atoms with E-state index in [4.69, 9.17) is 5.11 Å². The minimum absolute atomic E-state index is 0.300. The number of benzene rings is 2. The maximum Gasteiger partial charge on any atom is 0.229 e. The predicted molar refractivity (Wildman–Crippen MR) is 151 cm³/mol. The Balaban J connectivity index is 0.000000517. The van der Waals surface area contributed by atoms with Gasteiger partial charge in [-0.15, -0.1) is 0 Å². The number of halogens is 3. The third-order valence-corrected chi connectivity index (χ3v) is 7.44. The zero-order valence-corrected chi connectivity index (χ0v) is 25.5. The van der Waals surface area contributed by atoms with Gasteiger partial charge in [0.05, 0.1) is 6.26 Å². The van der Waals surface area contributed by atoms with Crippen molar-refractivity contribution in [1.29, 1.82) is 0 Å². The monoisotopic (exact) mass is 624 g/mol. The molecule has 0 aromatic heterocycles. The van der Waals surface area contributed by atoms with Crippen LogP contribution in [0.2, 0.25) is 0 Å². The Morgan fingerprint density at radius 2 is 1.06 bits per heavy atom. The molecule has 33 heavy (non-hydrogen) atoms. The van der Waals surface area contributed by atoms with Crippen LogP contribution in [-0.2, 0) is 21.9 Å². The van der Waals surface area contributed by atoms with Crippen molar-refractivity contribution in [3.05, 3.63) is 66.6 Å². The summed E-state index contributed by atoms with van der Waals surface area (Å²) in [5, 5.41) is 8.69. The van der Waals surface area contributed by atoms with Crippen LogP contribution in [0.25, 0.3) is 0 Å². The van der Waals surface area contributed by atoms with Crippen molar-refractivity contribution in [2.24, 2.45) is 0 Å². The quantitative estimate of drug-likeness (QED) is 0.237. The molecule has 0 aliphatic heterocycles. The first-order valence-electron chi connectivity index (χ1n) is 11.3. The van der Waals surface area contributed by atoms with E-state index in [1.54, 1.807) is 0 Å². The third kappa shape index (κ3) is 16.0. The second-order valence-electron chi connectivity index (χ2n) is 8.41. The van der Waals surface area contributed by atoms with Crippen LogP contribution in [0.5, 0.6) is 0 Å². The van der Waals surface area contributed by atoms with Crippen LogP contribution in [0.3, 0.4) is 0 Å². The molecular formula is C26H39Br2ClO3S. The molecule has 0 saturated heterocycles. The summed E-state index contributed by atoms with van der Waals surface area (Å²) in [4.78, 5) is 0. The second kappa shape index (κ2) is 17.1. The topological polar surface area (TPSA) is 54.4 Å². The Hall–Kier alpha value is -0.400. The molecule has 0 radical (unpaired) electrons. The summed E-state index contributed by atoms with van der Waals surface area (Å²) >= 11 is 7.15. The number of unbranched alkanes of at least 4 members (excludes halogenated alkanes) is 3. The van der Waals surface area contributed by atoms with Crippen molar-refractivity contribution in [3.63, 3.8) is 0 Å². The molecule has 3 nitrogen and oxygen atoms in total. The van der Waals surface area contributed by atoms with Gasteiger partial charge in [0.2, 0.25) is 9.05 Å². The number of rotatable bonds is 8. The fourth-order valence-corrected chi connectivity index (χ4v) is 3.84. The minimum atomic E-state index is -3.19. The van der Waals surface area contributed by atoms with Gasteiger partial charge in [-0.05, 0) is 93.2 Å². The second-order valence-corrected chi connectivity index (χ2v) is 13.0. The Morgan fingerprint density at radius 3 is 1.33 bits per heavy atom. The van der Waals surface area contributed by atoms with Crippen molar-refractivity contribution in [3.8, 4) is 0 Å². The highest BCUT2D eigenvalue weighted by Crippen LogP contribution is 2.24. The molecule has 1 N–H and O–H groups in total. The van der Waals surface area contributed by atoms with E-state index in [1.165, 1.54) is 68.0 Å². The Kier molecular flexibility index (Phi) is 16.9. The molecule has 0 aliphatic carbocycles. The van der Waals surface area contributed by atoms with E-state index in [0.717, 1.165) is 25.5 Å². The zero-order valence-electron chi connectivity index (χ0n) is 20.8. The average Bonchev–Trinajstić information content (AvgIpc) is 2.70. The van der Waals surface area contributed by atoms with Gasteiger partial charge in [0.15, 0.2) is 0 Å². The summed E-state index contributed by atoms with van der Waals surface area (Å²) in [5.74, 6) is 0. The summed E-state index contributed by atoms with van der Waals surface area (Å²) in [6.45, 7) is 11.1. The molecule has 7 heteroatoms. The highest BCUT2D eigenvalue weighted by atomic mass is 79.9. The molecule has 0 unspecified atom stereocenters. The number of hydrogen-bond acceptors (Lipinski definition) is 3. The first kappa shape index (κ1) is 32.6. The van der Waals surface area contributed by atoms with Crippen molar-refractivity contribution in [2.75, 3.05) is 12.9 Å². The lowest BCUT2D eigenvalue weighted by Gasteiger charge is -2.07. The van der Waals surface area contributed by atoms with E-state index in [-0.39, 0.29) is 0 Å². The predicted octanol–water partition coefficient (Wildman–Crippen LogP) is 8.36. The lowest BCUT2D eigenvalue weighted by atomic mass is 10.0. The first-order valence-corrected chi connectivity index (χ1v) is 15.6. The smallest absolute Gasteiger partial charge is 0.229 e. The van der Waals surface area contributed by atoms with Crippen LogP contribution < -0.4 is 0 Å². The molecular weight excluding hydrogens is 588 g/mol. The number of aliphatic hydroxyl groups is 1. The van der Waals surface area contributed by atoms with Gasteiger partial charge in [-0.1, -0.05) is 75.9 Å². The molecule has 2 rings (SSSR count). The number of hydrogen-bond donors (Lipinski definition) is 1. The van der Waals surface area contributed by atoms with E-state index in [1.807, 2.05) is 0 Å². The number of aliphatic hydroxyl groups excluding tert-OH is 1. The van der Waals surface area contributed by atoms with Gasteiger partial charge in [-0.25, -0.2) is 8.42 Å². The molecule has 0 bridgehead atoms. The average molecular weight is 627 g/mol. The molecule has 0 fully saturated rings. The van der Waals surface area contributed by atoms with Crippen LogP contribution in [0.1, 0.15) is 72.4 Å². The minimum Gasteiger partial charge on any atom is -0.396 e. The van der Waals surface area contributed by atoms with Gasteiger partial charge in [-0.2, -0.15) is 0 Å². The molecule has 0 heterocycles. The van der Waals surface area contributed by atoms with E-state index in [0.29, 0.717) is 6.61 Å². The standard InChI is InChI=1S/C13H19Br.C12H17BrO.CH3ClO2S/c1-4-5-6-7-12-8-10(2)13(14)11(3)9-12;1-9-7-11(5-3-4-6-14)8-10(2)12(9)13;1-5(2,3)4/h8-9H,4-7H2,1-3H3;7-8,14H,3-6H2,1-2H3;1H3. The van der Waals surface area contributed by atoms with Gasteiger partial charge >= 0.3 is 0 Å². The molecule has 0 amide bonds. The van der Waals surface area contributed by atoms with Crippen molar-refractivity contribution < 1.29 is 13.5 Å². The Bertz CT molecular complexity index is 842. The van der Waals surface area contributed by atoms with Crippen LogP contribution in [0.4, 0.5) is 0 Å². The summed E-state index contributed by atoms with van der Waals surface area (Å²) in [6.07, 6.45) is 9.14. The molecule has 0 spiro atoms. The van der Waals surface area contributed by atoms with Gasteiger partial charge in [-0.3, -0.25) is 0 Å². The maximum atomic E-state index is 9.40. The summed E-state index contributed by atoms with van der Waals surface area (Å²) in [6, 6.07) is 9.03. The van der Waals surface area contributed by atoms with E-state index in [2.05, 4.69) is 101 Å². The van der Waals surface area contributed by atoms with Crippen LogP contribution >= 0.6 is 42.5 Å². The largest absolute Gasteiger partial charge is 0.396 e. The van der Waals surface area contributed by atoms with E-state index < -0.39 is 9.05 Å². The molecule has 0 saturated carbocycles. The normalized spacial score (nSPS) is 10.7. The van der Waals surface area contributed by atoms with Crippen LogP contribution in [0.15, 0.2) is 33.2 Å². The Labute approximate surface area is 223 Å². The highest BCUT2D eigenvalue weighted by molar-refractivity contribution is 9.10. The fraction of sp³-hybridized carbons (Fsp3) is 0.538. The lowest BCUT2D eigenvalue weighted by molar-refractivity contribution is 0.284. The van der Waals surface area contributed by atoms with Gasteiger partial charge in [0.1, 0.15) is 0 Å². The van der Waals surface area contributed by atoms with Crippen LogP contribution in [0, 0.1) is 27.7 Å². The molecule has 0 aliphatic rings. The summed E-state index contributed by atoms with van der Waals surface area (Å²) < 4.78 is 21.3. The molecule has 0 atom stereocenters. The van der Waals surface area contributed by atoms with Gasteiger partial charge < -0.3 is 5.11 Å². The lowest BCUT2D eigenvalue weighted by Crippen LogP contribution is -1.92. The SMILES string of the molecule is CCCCCc1cc(C)c(Br)c(C)c1.CS(=O)(=O)Cl.Cc1cc(CCCCO)cc(C)c1Br. The zero-order chi connectivity index (χ0) is 25.6. The third-order valence-electron chi connectivity index (χ3n) is 4.94. The molecule has 2 aromatic rings. The fourth-order valence-electron chi connectivity index (χ4n) is 3.38. The van der Waals surface area contributed by atoms with Gasteiger partial charge in [0.25, 0.3) is 0 Å². The van der Waals surface area contributed by atoms with E-state index >= 15 is 0 Å². The first-order chi connectivity index (χ1) is 15.3. The molecule has 188 valence electrons. The Morgan fingerprint density at radius 1 is 0.758 bits per heavy atom. The van der Waals surface area contributed by atoms with Crippen molar-refractivity contribution in [2.45, 2.75) is 79.6 Å². The summed E-state index contributed by atoms with van der Waals surface area (Å²) in [5.41, 5.74) is 8.16. The van der Waals surface area contributed by atoms with E-state index in [9.17, 15) is 8.42 Å². The van der Waals surface area contributed by atoms with Gasteiger partial charge in [0, 0.05) is 26.2 Å². The van der Waals surface area contributed by atoms with Crippen molar-refractivity contribution in [1.82, 2.24) is 0 Å². The highest BCUT2D eigenvalue weighted by Gasteiger charge is 2.03. The maximum absolute atomic E-state index is 9.40. The van der Waals surface area contributed by atoms with Crippen LogP contribution in [-0.4, -0.2) is 26.4 Å². The molecule has 2 aromatic carbocycles. The number of aryl methyl sites for hydroxylation is 6.